The van der Waals surface area contributed by atoms with Crippen LogP contribution in [0.2, 0.25) is 0 Å². The number of nitrogens with zero attached hydrogens (tertiary/aromatic N) is 1. The van der Waals surface area contributed by atoms with Crippen molar-refractivity contribution in [2.24, 2.45) is 0 Å². The topological polar surface area (TPSA) is 50.1 Å². The van der Waals surface area contributed by atoms with Crippen LogP contribution in [0.4, 0.5) is 0 Å². The van der Waals surface area contributed by atoms with Gasteiger partial charge in [0.05, 0.1) is 25.2 Å². The van der Waals surface area contributed by atoms with E-state index in [2.05, 4.69) is 26.7 Å². The molecule has 17 heavy (non-hydrogen) atoms. The lowest BCUT2D eigenvalue weighted by molar-refractivity contribution is -0.139. The molecule has 3 nitrogen and oxygen atoms in total. The van der Waals surface area contributed by atoms with Crippen LogP contribution in [0.25, 0.3) is 0 Å². The van der Waals surface area contributed by atoms with Crippen LogP contribution in [0.3, 0.4) is 0 Å². The number of esters is 1. The molecule has 0 aliphatic carbocycles. The van der Waals surface area contributed by atoms with Crippen molar-refractivity contribution >= 4 is 21.9 Å². The highest BCUT2D eigenvalue weighted by molar-refractivity contribution is 9.08. The predicted molar refractivity (Wildman–Crippen MR) is 68.9 cm³/mol. The van der Waals surface area contributed by atoms with Gasteiger partial charge in [0, 0.05) is 5.33 Å². The first kappa shape index (κ1) is 13.7. The van der Waals surface area contributed by atoms with Gasteiger partial charge < -0.3 is 4.74 Å². The van der Waals surface area contributed by atoms with E-state index in [-0.39, 0.29) is 12.4 Å². The number of rotatable bonds is 4. The minimum absolute atomic E-state index is 0.146. The van der Waals surface area contributed by atoms with E-state index in [9.17, 15) is 4.79 Å². The predicted octanol–water partition coefficient (Wildman–Crippen LogP) is 2.73. The summed E-state index contributed by atoms with van der Waals surface area (Å²) in [6, 6.07) is 6.05. The van der Waals surface area contributed by atoms with E-state index >= 15 is 0 Å². The zero-order chi connectivity index (χ0) is 12.8. The second-order valence-electron chi connectivity index (χ2n) is 3.64. The molecule has 1 aromatic rings. The molecule has 1 rings (SSSR count). The van der Waals surface area contributed by atoms with E-state index in [1.54, 1.807) is 0 Å². The molecule has 0 aliphatic rings. The van der Waals surface area contributed by atoms with Gasteiger partial charge in [-0.25, -0.2) is 0 Å². The zero-order valence-corrected chi connectivity index (χ0v) is 11.5. The fraction of sp³-hybridized carbons (Fsp3) is 0.385. The Kier molecular flexibility index (Phi) is 5.17. The van der Waals surface area contributed by atoms with Gasteiger partial charge >= 0.3 is 5.97 Å². The standard InChI is InChI=1S/C13H14BrNO2/c1-3-10-4-9(7-14)5-11(12(10)8-15)6-13(16)17-2/h4-5H,3,6-7H2,1-2H3. The Hall–Kier alpha value is -1.34. The number of aryl methyl sites for hydroxylation is 1. The van der Waals surface area contributed by atoms with Crippen LogP contribution in [-0.4, -0.2) is 13.1 Å². The zero-order valence-electron chi connectivity index (χ0n) is 9.92. The molecule has 0 heterocycles. The van der Waals surface area contributed by atoms with Crippen LogP contribution in [0.15, 0.2) is 12.1 Å². The van der Waals surface area contributed by atoms with Gasteiger partial charge in [-0.05, 0) is 23.1 Å². The van der Waals surface area contributed by atoms with Crippen LogP contribution in [0.5, 0.6) is 0 Å². The minimum atomic E-state index is -0.324. The highest BCUT2D eigenvalue weighted by Crippen LogP contribution is 2.20. The van der Waals surface area contributed by atoms with Crippen molar-refractivity contribution in [1.29, 1.82) is 5.26 Å². The third-order valence-corrected chi connectivity index (χ3v) is 3.22. The summed E-state index contributed by atoms with van der Waals surface area (Å²) in [5.41, 5.74) is 3.39. The molecule has 90 valence electrons. The van der Waals surface area contributed by atoms with E-state index < -0.39 is 0 Å². The van der Waals surface area contributed by atoms with Gasteiger partial charge in [0.1, 0.15) is 0 Å². The molecule has 0 aliphatic heterocycles. The molecule has 0 N–H and O–H groups in total. The third-order valence-electron chi connectivity index (χ3n) is 2.57. The molecular weight excluding hydrogens is 282 g/mol. The Labute approximate surface area is 110 Å². The number of nitriles is 1. The Balaban J connectivity index is 3.25. The highest BCUT2D eigenvalue weighted by atomic mass is 79.9. The summed E-state index contributed by atoms with van der Waals surface area (Å²) in [6.45, 7) is 2.00. The SMILES string of the molecule is CCc1cc(CBr)cc(CC(=O)OC)c1C#N. The molecule has 0 saturated carbocycles. The minimum Gasteiger partial charge on any atom is -0.469 e. The number of methoxy groups -OCH3 is 1. The first-order valence-corrected chi connectivity index (χ1v) is 6.45. The van der Waals surface area contributed by atoms with Crippen molar-refractivity contribution < 1.29 is 9.53 Å². The molecule has 0 aromatic heterocycles. The van der Waals surface area contributed by atoms with Gasteiger partial charge in [-0.3, -0.25) is 4.79 Å². The maximum Gasteiger partial charge on any atom is 0.310 e. The summed E-state index contributed by atoms with van der Waals surface area (Å²) < 4.78 is 4.64. The second kappa shape index (κ2) is 6.41. The monoisotopic (exact) mass is 295 g/mol. The van der Waals surface area contributed by atoms with Gasteiger partial charge in [0.15, 0.2) is 0 Å². The average Bonchev–Trinajstić information content (AvgIpc) is 2.37. The molecule has 0 atom stereocenters. The van der Waals surface area contributed by atoms with Crippen LogP contribution in [0.1, 0.15) is 29.2 Å². The fourth-order valence-electron chi connectivity index (χ4n) is 1.71. The Morgan fingerprint density at radius 1 is 1.47 bits per heavy atom. The maximum atomic E-state index is 11.3. The van der Waals surface area contributed by atoms with Gasteiger partial charge in [-0.2, -0.15) is 5.26 Å². The van der Waals surface area contributed by atoms with E-state index in [0.717, 1.165) is 23.1 Å². The first-order chi connectivity index (χ1) is 8.15. The molecule has 0 saturated heterocycles. The number of halogens is 1. The van der Waals surface area contributed by atoms with Crippen LogP contribution < -0.4 is 0 Å². The normalized spacial score (nSPS) is 9.76. The van der Waals surface area contributed by atoms with Crippen LogP contribution >= 0.6 is 15.9 Å². The quantitative estimate of drug-likeness (QED) is 0.634. The van der Waals surface area contributed by atoms with Crippen LogP contribution in [-0.2, 0) is 27.7 Å². The van der Waals surface area contributed by atoms with E-state index in [0.29, 0.717) is 10.9 Å². The van der Waals surface area contributed by atoms with Crippen LogP contribution in [0, 0.1) is 11.3 Å². The number of hydrogen-bond acceptors (Lipinski definition) is 3. The van der Waals surface area contributed by atoms with Gasteiger partial charge in [0.25, 0.3) is 0 Å². The van der Waals surface area contributed by atoms with Crippen molar-refractivity contribution in [3.05, 3.63) is 34.4 Å². The third kappa shape index (κ3) is 3.31. The maximum absolute atomic E-state index is 11.3. The molecule has 0 amide bonds. The molecule has 4 heteroatoms. The molecule has 0 radical (unpaired) electrons. The van der Waals surface area contributed by atoms with Crippen molar-refractivity contribution in [3.63, 3.8) is 0 Å². The molecule has 0 bridgehead atoms. The van der Waals surface area contributed by atoms with Crippen molar-refractivity contribution in [2.75, 3.05) is 7.11 Å². The number of benzene rings is 1. The Morgan fingerprint density at radius 2 is 2.12 bits per heavy atom. The van der Waals surface area contributed by atoms with Crippen molar-refractivity contribution in [3.8, 4) is 6.07 Å². The lowest BCUT2D eigenvalue weighted by Gasteiger charge is -2.10. The number of alkyl halides is 1. The molecule has 1 aromatic carbocycles. The smallest absolute Gasteiger partial charge is 0.310 e. The molecule has 0 fully saturated rings. The van der Waals surface area contributed by atoms with Crippen molar-refractivity contribution in [1.82, 2.24) is 0 Å². The number of carbonyl (C=O) groups is 1. The fourth-order valence-corrected chi connectivity index (χ4v) is 2.03. The van der Waals surface area contributed by atoms with E-state index in [1.807, 2.05) is 19.1 Å². The number of ether oxygens (including phenoxy) is 1. The summed E-state index contributed by atoms with van der Waals surface area (Å²) in [7, 11) is 1.35. The summed E-state index contributed by atoms with van der Waals surface area (Å²) >= 11 is 3.39. The van der Waals surface area contributed by atoms with Crippen molar-refractivity contribution in [2.45, 2.75) is 25.1 Å². The molecule has 0 spiro atoms. The summed E-state index contributed by atoms with van der Waals surface area (Å²) in [5.74, 6) is -0.324. The van der Waals surface area contributed by atoms with Gasteiger partial charge in [0.2, 0.25) is 0 Å². The summed E-state index contributed by atoms with van der Waals surface area (Å²) in [4.78, 5) is 11.3. The average molecular weight is 296 g/mol. The molecular formula is C13H14BrNO2. The lowest BCUT2D eigenvalue weighted by Crippen LogP contribution is -2.08. The summed E-state index contributed by atoms with van der Waals surface area (Å²) in [6.07, 6.45) is 0.922. The Morgan fingerprint density at radius 3 is 2.59 bits per heavy atom. The van der Waals surface area contributed by atoms with E-state index in [4.69, 9.17) is 5.26 Å². The first-order valence-electron chi connectivity index (χ1n) is 5.33. The van der Waals surface area contributed by atoms with Gasteiger partial charge in [-0.15, -0.1) is 0 Å². The highest BCUT2D eigenvalue weighted by Gasteiger charge is 2.13. The molecule has 0 unspecified atom stereocenters. The summed E-state index contributed by atoms with van der Waals surface area (Å²) in [5, 5.41) is 9.87. The lowest BCUT2D eigenvalue weighted by atomic mass is 9.95. The number of hydrogen-bond donors (Lipinski definition) is 0. The van der Waals surface area contributed by atoms with E-state index in [1.165, 1.54) is 7.11 Å². The largest absolute Gasteiger partial charge is 0.469 e. The number of carbonyl (C=O) groups excluding carboxylic acids is 1. The Bertz CT molecular complexity index is 463. The second-order valence-corrected chi connectivity index (χ2v) is 4.20. The van der Waals surface area contributed by atoms with Gasteiger partial charge in [-0.1, -0.05) is 35.0 Å².